The van der Waals surface area contributed by atoms with Gasteiger partial charge in [-0.1, -0.05) is 54.6 Å². The summed E-state index contributed by atoms with van der Waals surface area (Å²) in [7, 11) is 2.54. The Hall–Kier alpha value is -4.01. The van der Waals surface area contributed by atoms with E-state index in [4.69, 9.17) is 9.47 Å². The second-order valence-electron chi connectivity index (χ2n) is 6.83. The number of ketones is 1. The van der Waals surface area contributed by atoms with Gasteiger partial charge < -0.3 is 9.47 Å². The van der Waals surface area contributed by atoms with Crippen LogP contribution >= 0.6 is 0 Å². The summed E-state index contributed by atoms with van der Waals surface area (Å²) in [6.45, 7) is 0. The van der Waals surface area contributed by atoms with Crippen LogP contribution in [0.3, 0.4) is 0 Å². The second kappa shape index (κ2) is 10.1. The molecule has 0 bridgehead atoms. The third kappa shape index (κ3) is 5.43. The molecule has 3 aromatic rings. The normalized spacial score (nSPS) is 11.7. The number of benzene rings is 2. The second-order valence-corrected chi connectivity index (χ2v) is 6.83. The van der Waals surface area contributed by atoms with E-state index in [9.17, 15) is 22.8 Å². The number of halogens is 3. The topological polar surface area (TPSA) is 78.4 Å². The summed E-state index contributed by atoms with van der Waals surface area (Å²) in [5, 5.41) is 0. The van der Waals surface area contributed by atoms with Crippen LogP contribution < -0.4 is 0 Å². The van der Waals surface area contributed by atoms with Gasteiger partial charge in [0.1, 0.15) is 17.0 Å². The predicted molar refractivity (Wildman–Crippen MR) is 114 cm³/mol. The molecule has 0 N–H and O–H groups in total. The van der Waals surface area contributed by atoms with Crippen molar-refractivity contribution in [2.75, 3.05) is 14.2 Å². The highest BCUT2D eigenvalue weighted by Gasteiger charge is 2.37. The van der Waals surface area contributed by atoms with Crippen LogP contribution in [0.1, 0.15) is 27.3 Å². The summed E-state index contributed by atoms with van der Waals surface area (Å²) >= 11 is 0. The number of alkyl halides is 3. The van der Waals surface area contributed by atoms with E-state index in [2.05, 4.69) is 9.97 Å². The summed E-state index contributed by atoms with van der Waals surface area (Å²) in [5.74, 6) is -1.38. The number of nitrogens with zero attached hydrogens (tertiary/aromatic N) is 2. The molecule has 170 valence electrons. The minimum absolute atomic E-state index is 0.0601. The molecular weight excluding hydrogens is 437 g/mol. The number of aromatic nitrogens is 2. The minimum atomic E-state index is -4.81. The van der Waals surface area contributed by atoms with Gasteiger partial charge in [-0.2, -0.15) is 13.2 Å². The molecule has 33 heavy (non-hydrogen) atoms. The number of carbonyl (C=O) groups is 2. The van der Waals surface area contributed by atoms with E-state index in [-0.39, 0.29) is 23.3 Å². The van der Waals surface area contributed by atoms with Crippen molar-refractivity contribution >= 4 is 17.3 Å². The molecule has 0 saturated heterocycles. The maximum absolute atomic E-state index is 13.7. The molecule has 3 rings (SSSR count). The highest BCUT2D eigenvalue weighted by molar-refractivity contribution is 6.16. The molecule has 6 nitrogen and oxygen atoms in total. The Bertz CT molecular complexity index is 1190. The van der Waals surface area contributed by atoms with Gasteiger partial charge in [-0.3, -0.25) is 9.78 Å². The number of carbonyl (C=O) groups excluding carboxylic acids is 2. The number of ether oxygens (including phenoxy) is 2. The Labute approximate surface area is 187 Å². The molecule has 0 aliphatic carbocycles. The Balaban J connectivity index is 2.00. The van der Waals surface area contributed by atoms with Crippen molar-refractivity contribution in [3.8, 4) is 11.3 Å². The van der Waals surface area contributed by atoms with Crippen LogP contribution in [0.25, 0.3) is 16.8 Å². The van der Waals surface area contributed by atoms with Crippen molar-refractivity contribution in [2.45, 2.75) is 12.6 Å². The fourth-order valence-corrected chi connectivity index (χ4v) is 3.18. The molecule has 0 aliphatic heterocycles. The highest BCUT2D eigenvalue weighted by atomic mass is 19.4. The molecule has 0 spiro atoms. The summed E-state index contributed by atoms with van der Waals surface area (Å²) in [4.78, 5) is 32.5. The lowest BCUT2D eigenvalue weighted by Crippen LogP contribution is -2.17. The molecule has 2 aromatic carbocycles. The van der Waals surface area contributed by atoms with Crippen LogP contribution in [-0.4, -0.2) is 35.9 Å². The molecule has 9 heteroatoms. The van der Waals surface area contributed by atoms with Crippen molar-refractivity contribution in [3.05, 3.63) is 89.6 Å². The first-order valence-corrected chi connectivity index (χ1v) is 9.68. The largest absolute Gasteiger partial charge is 0.503 e. The van der Waals surface area contributed by atoms with E-state index < -0.39 is 29.3 Å². The first kappa shape index (κ1) is 23.6. The predicted octanol–water partition coefficient (Wildman–Crippen LogP) is 4.75. The number of methoxy groups -OCH3 is 2. The lowest BCUT2D eigenvalue weighted by atomic mass is 9.96. The minimum Gasteiger partial charge on any atom is -0.503 e. The van der Waals surface area contributed by atoms with E-state index in [1.807, 2.05) is 0 Å². The Morgan fingerprint density at radius 3 is 2.30 bits per heavy atom. The summed E-state index contributed by atoms with van der Waals surface area (Å²) in [6.07, 6.45) is -2.93. The lowest BCUT2D eigenvalue weighted by molar-refractivity contribution is -0.141. The molecule has 1 heterocycles. The van der Waals surface area contributed by atoms with Gasteiger partial charge in [0.05, 0.1) is 26.7 Å². The van der Waals surface area contributed by atoms with Crippen molar-refractivity contribution in [2.24, 2.45) is 0 Å². The van der Waals surface area contributed by atoms with Gasteiger partial charge in [0.15, 0.2) is 11.5 Å². The molecule has 0 fully saturated rings. The standard InChI is InChI=1S/C24H19F3N2O4/c1-32-14-18(23(31)33-2)17-11-7-6-10-16(17)12-20(30)19-13-28-21(15-8-4-3-5-9-15)22(29-19)24(25,26)27/h3-11,13-14H,12H2,1-2H3/b18-14+. The number of rotatable bonds is 7. The zero-order chi connectivity index (χ0) is 24.0. The van der Waals surface area contributed by atoms with Gasteiger partial charge in [-0.25, -0.2) is 9.78 Å². The van der Waals surface area contributed by atoms with Gasteiger partial charge in [-0.05, 0) is 11.1 Å². The van der Waals surface area contributed by atoms with E-state index in [0.29, 0.717) is 11.1 Å². The van der Waals surface area contributed by atoms with E-state index >= 15 is 0 Å². The first-order chi connectivity index (χ1) is 15.8. The van der Waals surface area contributed by atoms with Gasteiger partial charge in [-0.15, -0.1) is 0 Å². The van der Waals surface area contributed by atoms with Gasteiger partial charge >= 0.3 is 12.1 Å². The quantitative estimate of drug-likeness (QED) is 0.221. The zero-order valence-corrected chi connectivity index (χ0v) is 17.7. The van der Waals surface area contributed by atoms with Crippen molar-refractivity contribution in [3.63, 3.8) is 0 Å². The maximum atomic E-state index is 13.7. The average Bonchev–Trinajstić information content (AvgIpc) is 2.82. The zero-order valence-electron chi connectivity index (χ0n) is 17.7. The number of esters is 1. The van der Waals surface area contributed by atoms with Crippen LogP contribution in [0.15, 0.2) is 67.1 Å². The number of Topliss-reactive ketones (excluding diaryl/α,β-unsaturated/α-hetero) is 1. The lowest BCUT2D eigenvalue weighted by Gasteiger charge is -2.13. The smallest absolute Gasteiger partial charge is 0.435 e. The summed E-state index contributed by atoms with van der Waals surface area (Å²) in [6, 6.07) is 14.2. The third-order valence-corrected chi connectivity index (χ3v) is 4.67. The molecule has 1 aromatic heterocycles. The summed E-state index contributed by atoms with van der Waals surface area (Å²) < 4.78 is 50.8. The van der Waals surface area contributed by atoms with Crippen LogP contribution in [0.4, 0.5) is 13.2 Å². The third-order valence-electron chi connectivity index (χ3n) is 4.67. The van der Waals surface area contributed by atoms with Crippen LogP contribution in [0.2, 0.25) is 0 Å². The first-order valence-electron chi connectivity index (χ1n) is 9.68. The number of hydrogen-bond acceptors (Lipinski definition) is 6. The molecular formula is C24H19F3N2O4. The molecule has 0 atom stereocenters. The molecule has 0 amide bonds. The van der Waals surface area contributed by atoms with Gasteiger partial charge in [0.2, 0.25) is 0 Å². The van der Waals surface area contributed by atoms with Gasteiger partial charge in [0, 0.05) is 12.0 Å². The monoisotopic (exact) mass is 456 g/mol. The summed E-state index contributed by atoms with van der Waals surface area (Å²) in [5.41, 5.74) is -1.02. The van der Waals surface area contributed by atoms with E-state index in [1.54, 1.807) is 42.5 Å². The van der Waals surface area contributed by atoms with E-state index in [1.165, 1.54) is 32.6 Å². The van der Waals surface area contributed by atoms with Crippen LogP contribution in [0, 0.1) is 0 Å². The van der Waals surface area contributed by atoms with Gasteiger partial charge in [0.25, 0.3) is 0 Å². The number of hydrogen-bond donors (Lipinski definition) is 0. The van der Waals surface area contributed by atoms with Crippen molar-refractivity contribution < 1.29 is 32.2 Å². The Morgan fingerprint density at radius 2 is 1.67 bits per heavy atom. The average molecular weight is 456 g/mol. The maximum Gasteiger partial charge on any atom is 0.435 e. The van der Waals surface area contributed by atoms with Crippen LogP contribution in [-0.2, 0) is 26.9 Å². The Kier molecular flexibility index (Phi) is 7.22. The molecule has 0 aliphatic rings. The van der Waals surface area contributed by atoms with Crippen molar-refractivity contribution in [1.29, 1.82) is 0 Å². The fraction of sp³-hybridized carbons (Fsp3) is 0.167. The SMILES string of the molecule is CO/C=C(/C(=O)OC)c1ccccc1CC(=O)c1cnc(-c2ccccc2)c(C(F)(F)F)n1. The van der Waals surface area contributed by atoms with Crippen LogP contribution in [0.5, 0.6) is 0 Å². The Morgan fingerprint density at radius 1 is 1.00 bits per heavy atom. The van der Waals surface area contributed by atoms with Crippen molar-refractivity contribution in [1.82, 2.24) is 9.97 Å². The fourth-order valence-electron chi connectivity index (χ4n) is 3.18. The molecule has 0 saturated carbocycles. The molecule has 0 unspecified atom stereocenters. The highest BCUT2D eigenvalue weighted by Crippen LogP contribution is 2.34. The molecule has 0 radical (unpaired) electrons. The van der Waals surface area contributed by atoms with E-state index in [0.717, 1.165) is 6.20 Å².